The molecule has 0 spiro atoms. The SMILES string of the molecule is Cc1ccc(CNC(=O)c2cc(C(=O)O)on2)o1. The molecule has 94 valence electrons. The third-order valence-electron chi connectivity index (χ3n) is 2.17. The summed E-state index contributed by atoms with van der Waals surface area (Å²) in [6.45, 7) is 1.99. The lowest BCUT2D eigenvalue weighted by atomic mass is 10.3. The van der Waals surface area contributed by atoms with Crippen molar-refractivity contribution in [2.24, 2.45) is 0 Å². The fourth-order valence-corrected chi connectivity index (χ4v) is 1.32. The Bertz CT molecular complexity index is 584. The third-order valence-corrected chi connectivity index (χ3v) is 2.17. The Hall–Kier alpha value is -2.57. The number of carbonyl (C=O) groups excluding carboxylic acids is 1. The molecule has 0 aliphatic heterocycles. The van der Waals surface area contributed by atoms with Gasteiger partial charge in [0.2, 0.25) is 5.76 Å². The molecular weight excluding hydrogens is 240 g/mol. The van der Waals surface area contributed by atoms with E-state index in [9.17, 15) is 9.59 Å². The molecule has 0 saturated carbocycles. The second-order valence-electron chi connectivity index (χ2n) is 3.58. The van der Waals surface area contributed by atoms with Crippen molar-refractivity contribution < 1.29 is 23.6 Å². The molecule has 1 amide bonds. The van der Waals surface area contributed by atoms with Crippen LogP contribution in [0, 0.1) is 6.92 Å². The minimum atomic E-state index is -1.27. The van der Waals surface area contributed by atoms with Gasteiger partial charge in [-0.2, -0.15) is 0 Å². The van der Waals surface area contributed by atoms with Crippen molar-refractivity contribution >= 4 is 11.9 Å². The molecule has 2 aromatic rings. The van der Waals surface area contributed by atoms with E-state index in [4.69, 9.17) is 9.52 Å². The van der Waals surface area contributed by atoms with Crippen LogP contribution in [0.2, 0.25) is 0 Å². The maximum Gasteiger partial charge on any atom is 0.374 e. The minimum Gasteiger partial charge on any atom is -0.475 e. The van der Waals surface area contributed by atoms with Gasteiger partial charge in [0.15, 0.2) is 5.69 Å². The first-order valence-electron chi connectivity index (χ1n) is 5.10. The van der Waals surface area contributed by atoms with Gasteiger partial charge < -0.3 is 19.4 Å². The van der Waals surface area contributed by atoms with E-state index in [1.165, 1.54) is 0 Å². The van der Waals surface area contributed by atoms with Gasteiger partial charge in [-0.3, -0.25) is 4.79 Å². The second kappa shape index (κ2) is 4.74. The van der Waals surface area contributed by atoms with Crippen molar-refractivity contribution in [3.63, 3.8) is 0 Å². The van der Waals surface area contributed by atoms with Gasteiger partial charge in [0.1, 0.15) is 11.5 Å². The first kappa shape index (κ1) is 11.9. The number of hydrogen-bond acceptors (Lipinski definition) is 5. The summed E-state index contributed by atoms with van der Waals surface area (Å²) < 4.78 is 9.73. The quantitative estimate of drug-likeness (QED) is 0.844. The Morgan fingerprint density at radius 1 is 1.44 bits per heavy atom. The van der Waals surface area contributed by atoms with Crippen LogP contribution in [-0.2, 0) is 6.54 Å². The molecule has 0 unspecified atom stereocenters. The molecule has 0 atom stereocenters. The highest BCUT2D eigenvalue weighted by Gasteiger charge is 2.16. The summed E-state index contributed by atoms with van der Waals surface area (Å²) in [5, 5.41) is 14.5. The Balaban J connectivity index is 1.97. The number of nitrogens with one attached hydrogen (secondary N) is 1. The van der Waals surface area contributed by atoms with E-state index >= 15 is 0 Å². The number of carbonyl (C=O) groups is 2. The Morgan fingerprint density at radius 3 is 2.78 bits per heavy atom. The predicted octanol–water partition coefficient (Wildman–Crippen LogP) is 1.20. The molecule has 7 nitrogen and oxygen atoms in total. The molecule has 7 heteroatoms. The number of nitrogens with zero attached hydrogens (tertiary/aromatic N) is 1. The molecular formula is C11H10N2O5. The lowest BCUT2D eigenvalue weighted by molar-refractivity contribution is 0.0651. The molecule has 0 aliphatic carbocycles. The average molecular weight is 250 g/mol. The molecule has 2 heterocycles. The van der Waals surface area contributed by atoms with Crippen LogP contribution in [0.4, 0.5) is 0 Å². The van der Waals surface area contributed by atoms with Crippen molar-refractivity contribution in [3.8, 4) is 0 Å². The van der Waals surface area contributed by atoms with Crippen LogP contribution in [-0.4, -0.2) is 22.1 Å². The van der Waals surface area contributed by atoms with Gasteiger partial charge >= 0.3 is 5.97 Å². The first-order chi connectivity index (χ1) is 8.56. The summed E-state index contributed by atoms with van der Waals surface area (Å²) in [6, 6.07) is 4.58. The van der Waals surface area contributed by atoms with E-state index in [1.807, 2.05) is 0 Å². The molecule has 0 bridgehead atoms. The van der Waals surface area contributed by atoms with E-state index in [-0.39, 0.29) is 18.0 Å². The van der Waals surface area contributed by atoms with Crippen molar-refractivity contribution in [1.29, 1.82) is 0 Å². The second-order valence-corrected chi connectivity index (χ2v) is 3.58. The van der Waals surface area contributed by atoms with Crippen LogP contribution < -0.4 is 5.32 Å². The minimum absolute atomic E-state index is 0.0873. The van der Waals surface area contributed by atoms with Crippen LogP contribution in [0.1, 0.15) is 32.6 Å². The fraction of sp³-hybridized carbons (Fsp3) is 0.182. The van der Waals surface area contributed by atoms with Crippen molar-refractivity contribution in [1.82, 2.24) is 10.5 Å². The molecule has 18 heavy (non-hydrogen) atoms. The Labute approximate surface area is 101 Å². The summed E-state index contributed by atoms with van der Waals surface area (Å²) in [7, 11) is 0. The Morgan fingerprint density at radius 2 is 2.22 bits per heavy atom. The number of aromatic nitrogens is 1. The van der Waals surface area contributed by atoms with Crippen molar-refractivity contribution in [2.75, 3.05) is 0 Å². The summed E-state index contributed by atoms with van der Waals surface area (Å²) in [4.78, 5) is 22.1. The van der Waals surface area contributed by atoms with E-state index < -0.39 is 11.9 Å². The monoisotopic (exact) mass is 250 g/mol. The van der Waals surface area contributed by atoms with E-state index in [1.54, 1.807) is 19.1 Å². The average Bonchev–Trinajstić information content (AvgIpc) is 2.94. The molecule has 0 fully saturated rings. The number of rotatable bonds is 4. The van der Waals surface area contributed by atoms with Crippen LogP contribution in [0.15, 0.2) is 27.1 Å². The molecule has 0 saturated heterocycles. The van der Waals surface area contributed by atoms with Crippen LogP contribution in [0.25, 0.3) is 0 Å². The summed E-state index contributed by atoms with van der Waals surface area (Å²) in [5.74, 6) is -0.839. The van der Waals surface area contributed by atoms with Gasteiger partial charge in [0, 0.05) is 6.07 Å². The maximum absolute atomic E-state index is 11.6. The van der Waals surface area contributed by atoms with Gasteiger partial charge in [0.05, 0.1) is 6.54 Å². The van der Waals surface area contributed by atoms with Gasteiger partial charge in [-0.15, -0.1) is 0 Å². The first-order valence-corrected chi connectivity index (χ1v) is 5.10. The lowest BCUT2D eigenvalue weighted by Gasteiger charge is -1.98. The van der Waals surface area contributed by atoms with E-state index in [2.05, 4.69) is 15.0 Å². The molecule has 0 aliphatic rings. The standard InChI is InChI=1S/C11H10N2O5/c1-6-2-3-7(17-6)5-12-10(14)8-4-9(11(15)16)18-13-8/h2-4H,5H2,1H3,(H,12,14)(H,15,16). The summed E-state index contributed by atoms with van der Waals surface area (Å²) >= 11 is 0. The third kappa shape index (κ3) is 2.57. The number of aromatic carboxylic acids is 1. The lowest BCUT2D eigenvalue weighted by Crippen LogP contribution is -2.22. The van der Waals surface area contributed by atoms with Gasteiger partial charge in [0.25, 0.3) is 5.91 Å². The highest BCUT2D eigenvalue weighted by molar-refractivity contribution is 5.94. The summed E-state index contributed by atoms with van der Waals surface area (Å²) in [6.07, 6.45) is 0. The normalized spacial score (nSPS) is 10.3. The van der Waals surface area contributed by atoms with E-state index in [0.717, 1.165) is 11.8 Å². The van der Waals surface area contributed by atoms with Gasteiger partial charge in [-0.05, 0) is 19.1 Å². The van der Waals surface area contributed by atoms with Crippen LogP contribution in [0.5, 0.6) is 0 Å². The van der Waals surface area contributed by atoms with Gasteiger partial charge in [-0.1, -0.05) is 5.16 Å². The Kier molecular flexibility index (Phi) is 3.13. The van der Waals surface area contributed by atoms with Gasteiger partial charge in [-0.25, -0.2) is 4.79 Å². The number of carboxylic acids is 1. The molecule has 0 aromatic carbocycles. The zero-order valence-electron chi connectivity index (χ0n) is 9.47. The topological polar surface area (TPSA) is 106 Å². The molecule has 2 aromatic heterocycles. The smallest absolute Gasteiger partial charge is 0.374 e. The van der Waals surface area contributed by atoms with Crippen molar-refractivity contribution in [3.05, 3.63) is 41.2 Å². The largest absolute Gasteiger partial charge is 0.475 e. The van der Waals surface area contributed by atoms with E-state index in [0.29, 0.717) is 5.76 Å². The molecule has 2 N–H and O–H groups in total. The van der Waals surface area contributed by atoms with Crippen LogP contribution in [0.3, 0.4) is 0 Å². The van der Waals surface area contributed by atoms with Crippen LogP contribution >= 0.6 is 0 Å². The molecule has 0 radical (unpaired) electrons. The highest BCUT2D eigenvalue weighted by Crippen LogP contribution is 2.07. The number of aryl methyl sites for hydroxylation is 1. The number of furan rings is 1. The number of amides is 1. The maximum atomic E-state index is 11.6. The highest BCUT2D eigenvalue weighted by atomic mass is 16.5. The predicted molar refractivity (Wildman–Crippen MR) is 58.1 cm³/mol. The number of hydrogen-bond donors (Lipinski definition) is 2. The number of carboxylic acid groups (broad SMARTS) is 1. The zero-order valence-corrected chi connectivity index (χ0v) is 9.47. The van der Waals surface area contributed by atoms with Crippen molar-refractivity contribution in [2.45, 2.75) is 13.5 Å². The molecule has 2 rings (SSSR count). The summed E-state index contributed by atoms with van der Waals surface area (Å²) in [5.41, 5.74) is -0.0873. The fourth-order valence-electron chi connectivity index (χ4n) is 1.32. The zero-order chi connectivity index (χ0) is 13.1.